The molecule has 1 aromatic carbocycles. The molecular formula is C21H23N3O3. The number of pyridine rings is 1. The minimum atomic E-state index is -0.396. The second-order valence-electron chi connectivity index (χ2n) is 6.99. The zero-order valence-corrected chi connectivity index (χ0v) is 15.6. The minimum Gasteiger partial charge on any atom is -0.339 e. The number of aromatic nitrogens is 1. The predicted molar refractivity (Wildman–Crippen MR) is 103 cm³/mol. The first kappa shape index (κ1) is 18.8. The van der Waals surface area contributed by atoms with Gasteiger partial charge in [-0.2, -0.15) is 0 Å². The van der Waals surface area contributed by atoms with E-state index >= 15 is 0 Å². The summed E-state index contributed by atoms with van der Waals surface area (Å²) in [4.78, 5) is 42.4. The number of anilines is 1. The molecule has 2 amide bonds. The van der Waals surface area contributed by atoms with Gasteiger partial charge in [0.15, 0.2) is 5.78 Å². The van der Waals surface area contributed by atoms with Crippen LogP contribution in [-0.4, -0.2) is 40.6 Å². The third kappa shape index (κ3) is 4.58. The lowest BCUT2D eigenvalue weighted by Gasteiger charge is -2.30. The number of carbonyl (C=O) groups is 3. The normalized spacial score (nSPS) is 14.7. The maximum absolute atomic E-state index is 12.7. The maximum Gasteiger partial charge on any atom is 0.274 e. The van der Waals surface area contributed by atoms with Crippen LogP contribution in [0.2, 0.25) is 0 Å². The number of carbonyl (C=O) groups excluding carboxylic acids is 3. The number of hydrogen-bond donors (Lipinski definition) is 1. The van der Waals surface area contributed by atoms with Crippen LogP contribution in [0.3, 0.4) is 0 Å². The van der Waals surface area contributed by atoms with E-state index in [4.69, 9.17) is 0 Å². The molecule has 0 bridgehead atoms. The van der Waals surface area contributed by atoms with Gasteiger partial charge in [0.1, 0.15) is 5.69 Å². The van der Waals surface area contributed by atoms with E-state index in [1.54, 1.807) is 30.3 Å². The zero-order chi connectivity index (χ0) is 19.4. The second kappa shape index (κ2) is 8.12. The highest BCUT2D eigenvalue weighted by Gasteiger charge is 2.22. The molecule has 1 aliphatic rings. The number of ketones is 1. The Kier molecular flexibility index (Phi) is 5.64. The molecule has 3 rings (SSSR count). The number of nitrogens with zero attached hydrogens (tertiary/aromatic N) is 2. The molecule has 0 aliphatic carbocycles. The van der Waals surface area contributed by atoms with Crippen molar-refractivity contribution in [1.29, 1.82) is 0 Å². The van der Waals surface area contributed by atoms with Crippen molar-refractivity contribution in [3.05, 3.63) is 59.4 Å². The summed E-state index contributed by atoms with van der Waals surface area (Å²) in [6, 6.07) is 9.81. The summed E-state index contributed by atoms with van der Waals surface area (Å²) in [5, 5.41) is 2.74. The fourth-order valence-electron chi connectivity index (χ4n) is 3.07. The van der Waals surface area contributed by atoms with Crippen molar-refractivity contribution in [3.63, 3.8) is 0 Å². The summed E-state index contributed by atoms with van der Waals surface area (Å²) in [5.41, 5.74) is 1.79. The van der Waals surface area contributed by atoms with Crippen LogP contribution in [-0.2, 0) is 0 Å². The number of hydrogen-bond acceptors (Lipinski definition) is 4. The summed E-state index contributed by atoms with van der Waals surface area (Å²) >= 11 is 0. The molecule has 0 saturated carbocycles. The highest BCUT2D eigenvalue weighted by atomic mass is 16.2. The summed E-state index contributed by atoms with van der Waals surface area (Å²) in [7, 11) is 0. The van der Waals surface area contributed by atoms with Gasteiger partial charge >= 0.3 is 0 Å². The number of rotatable bonds is 4. The van der Waals surface area contributed by atoms with Crippen molar-refractivity contribution in [2.45, 2.75) is 26.7 Å². The van der Waals surface area contributed by atoms with Gasteiger partial charge in [0.2, 0.25) is 0 Å². The Balaban J connectivity index is 1.69. The van der Waals surface area contributed by atoms with Gasteiger partial charge in [-0.05, 0) is 62.1 Å². The monoisotopic (exact) mass is 365 g/mol. The largest absolute Gasteiger partial charge is 0.339 e. The van der Waals surface area contributed by atoms with E-state index in [0.717, 1.165) is 25.9 Å². The molecule has 140 valence electrons. The number of benzene rings is 1. The molecule has 0 radical (unpaired) electrons. The smallest absolute Gasteiger partial charge is 0.274 e. The minimum absolute atomic E-state index is 0.0344. The van der Waals surface area contributed by atoms with Crippen molar-refractivity contribution in [3.8, 4) is 0 Å². The van der Waals surface area contributed by atoms with Crippen molar-refractivity contribution in [1.82, 2.24) is 9.88 Å². The Morgan fingerprint density at radius 3 is 2.33 bits per heavy atom. The van der Waals surface area contributed by atoms with Gasteiger partial charge in [0, 0.05) is 36.1 Å². The van der Waals surface area contributed by atoms with Gasteiger partial charge in [-0.15, -0.1) is 0 Å². The predicted octanol–water partition coefficient (Wildman–Crippen LogP) is 3.41. The number of likely N-dealkylation sites (tertiary alicyclic amines) is 1. The topological polar surface area (TPSA) is 79.4 Å². The second-order valence-corrected chi connectivity index (χ2v) is 6.99. The van der Waals surface area contributed by atoms with Gasteiger partial charge in [-0.3, -0.25) is 19.4 Å². The third-order valence-electron chi connectivity index (χ3n) is 4.86. The Labute approximate surface area is 158 Å². The van der Waals surface area contributed by atoms with Gasteiger partial charge in [0.25, 0.3) is 11.8 Å². The van der Waals surface area contributed by atoms with E-state index in [-0.39, 0.29) is 17.4 Å². The van der Waals surface area contributed by atoms with Gasteiger partial charge in [-0.1, -0.05) is 6.92 Å². The molecule has 6 heteroatoms. The molecule has 1 fully saturated rings. The Bertz CT molecular complexity index is 853. The summed E-state index contributed by atoms with van der Waals surface area (Å²) in [6.45, 7) is 5.17. The fourth-order valence-corrected chi connectivity index (χ4v) is 3.07. The average molecular weight is 365 g/mol. The van der Waals surface area contributed by atoms with E-state index < -0.39 is 5.91 Å². The molecule has 0 unspecified atom stereocenters. The molecule has 0 atom stereocenters. The average Bonchev–Trinajstić information content (AvgIpc) is 2.68. The van der Waals surface area contributed by atoms with Crippen LogP contribution in [0.15, 0.2) is 42.6 Å². The highest BCUT2D eigenvalue weighted by Crippen LogP contribution is 2.18. The number of amides is 2. The molecule has 6 nitrogen and oxygen atoms in total. The first-order valence-electron chi connectivity index (χ1n) is 9.11. The summed E-state index contributed by atoms with van der Waals surface area (Å²) < 4.78 is 0. The quantitative estimate of drug-likeness (QED) is 0.842. The van der Waals surface area contributed by atoms with Crippen LogP contribution >= 0.6 is 0 Å². The van der Waals surface area contributed by atoms with Gasteiger partial charge in [-0.25, -0.2) is 0 Å². The molecule has 27 heavy (non-hydrogen) atoms. The van der Waals surface area contributed by atoms with Crippen molar-refractivity contribution < 1.29 is 14.4 Å². The van der Waals surface area contributed by atoms with E-state index in [1.807, 2.05) is 4.90 Å². The van der Waals surface area contributed by atoms with Crippen LogP contribution in [0.1, 0.15) is 57.9 Å². The number of nitrogens with one attached hydrogen (secondary N) is 1. The lowest BCUT2D eigenvalue weighted by Crippen LogP contribution is -2.38. The third-order valence-corrected chi connectivity index (χ3v) is 4.86. The molecule has 1 aliphatic heterocycles. The van der Waals surface area contributed by atoms with E-state index in [0.29, 0.717) is 22.7 Å². The van der Waals surface area contributed by atoms with Crippen LogP contribution < -0.4 is 5.32 Å². The zero-order valence-electron chi connectivity index (χ0n) is 15.6. The standard InChI is InChI=1S/C21H23N3O3/c1-14-8-11-24(12-9-14)21(27)17-7-10-22-19(13-17)20(26)23-18-5-3-16(4-6-18)15(2)25/h3-7,10,13-14H,8-9,11-12H2,1-2H3,(H,23,26). The molecule has 2 heterocycles. The lowest BCUT2D eigenvalue weighted by atomic mass is 9.98. The number of piperidine rings is 1. The SMILES string of the molecule is CC(=O)c1ccc(NC(=O)c2cc(C(=O)N3CCC(C)CC3)ccn2)cc1. The Morgan fingerprint density at radius 1 is 1.04 bits per heavy atom. The molecule has 2 aromatic rings. The van der Waals surface area contributed by atoms with Crippen LogP contribution in [0.25, 0.3) is 0 Å². The van der Waals surface area contributed by atoms with Crippen LogP contribution in [0, 0.1) is 5.92 Å². The molecule has 1 aromatic heterocycles. The van der Waals surface area contributed by atoms with Crippen molar-refractivity contribution in [2.75, 3.05) is 18.4 Å². The molecular weight excluding hydrogens is 342 g/mol. The maximum atomic E-state index is 12.7. The van der Waals surface area contributed by atoms with Gasteiger partial charge < -0.3 is 10.2 Å². The van der Waals surface area contributed by atoms with Crippen LogP contribution in [0.4, 0.5) is 5.69 Å². The first-order chi connectivity index (χ1) is 12.9. The van der Waals surface area contributed by atoms with Crippen molar-refractivity contribution in [2.24, 2.45) is 5.92 Å². The van der Waals surface area contributed by atoms with E-state index in [9.17, 15) is 14.4 Å². The lowest BCUT2D eigenvalue weighted by molar-refractivity contribution is 0.0697. The summed E-state index contributed by atoms with van der Waals surface area (Å²) in [6.07, 6.45) is 3.48. The Morgan fingerprint density at radius 2 is 1.70 bits per heavy atom. The Hall–Kier alpha value is -3.02. The number of Topliss-reactive ketones (excluding diaryl/α,β-unsaturated/α-hetero) is 1. The molecule has 1 saturated heterocycles. The molecule has 1 N–H and O–H groups in total. The van der Waals surface area contributed by atoms with Gasteiger partial charge in [0.05, 0.1) is 0 Å². The molecule has 0 spiro atoms. The van der Waals surface area contributed by atoms with Crippen molar-refractivity contribution >= 4 is 23.3 Å². The summed E-state index contributed by atoms with van der Waals surface area (Å²) in [5.74, 6) is 0.145. The first-order valence-corrected chi connectivity index (χ1v) is 9.11. The van der Waals surface area contributed by atoms with E-state index in [2.05, 4.69) is 17.2 Å². The van der Waals surface area contributed by atoms with E-state index in [1.165, 1.54) is 19.2 Å². The van der Waals surface area contributed by atoms with Crippen LogP contribution in [0.5, 0.6) is 0 Å². The fraction of sp³-hybridized carbons (Fsp3) is 0.333. The highest BCUT2D eigenvalue weighted by molar-refractivity contribution is 6.05.